The number of nitrogens with zero attached hydrogens (tertiary/aromatic N) is 3. The lowest BCUT2D eigenvalue weighted by atomic mass is 9.87. The van der Waals surface area contributed by atoms with Crippen LogP contribution < -0.4 is 15.8 Å². The molecule has 5 atom stereocenters. The lowest BCUT2D eigenvalue weighted by Gasteiger charge is -2.40. The highest BCUT2D eigenvalue weighted by atomic mass is 16.5. The number of aromatic nitrogens is 1. The van der Waals surface area contributed by atoms with Crippen LogP contribution in [0.1, 0.15) is 83.5 Å². The van der Waals surface area contributed by atoms with Gasteiger partial charge in [-0.2, -0.15) is 0 Å². The molecule has 2 amide bonds. The summed E-state index contributed by atoms with van der Waals surface area (Å²) in [7, 11) is 0. The Bertz CT molecular complexity index is 1240. The number of benzene rings is 1. The van der Waals surface area contributed by atoms with Crippen LogP contribution in [0.5, 0.6) is 5.75 Å². The molecule has 1 unspecified atom stereocenters. The van der Waals surface area contributed by atoms with Gasteiger partial charge in [0, 0.05) is 30.3 Å². The third kappa shape index (κ3) is 4.65. The van der Waals surface area contributed by atoms with E-state index in [1.807, 2.05) is 64.1 Å². The van der Waals surface area contributed by atoms with Gasteiger partial charge >= 0.3 is 0 Å². The number of amides is 2. The Morgan fingerprint density at radius 1 is 1.21 bits per heavy atom. The molecule has 0 saturated heterocycles. The molecule has 1 fully saturated rings. The second-order valence-corrected chi connectivity index (χ2v) is 11.7. The van der Waals surface area contributed by atoms with Gasteiger partial charge in [0.1, 0.15) is 11.4 Å². The largest absolute Gasteiger partial charge is 0.487 e. The smallest absolute Gasteiger partial charge is 0.232 e. The van der Waals surface area contributed by atoms with Crippen molar-refractivity contribution < 1.29 is 14.3 Å². The monoisotopic (exact) mass is 517 g/mol. The van der Waals surface area contributed by atoms with E-state index in [1.54, 1.807) is 17.3 Å². The van der Waals surface area contributed by atoms with Crippen molar-refractivity contribution in [3.05, 3.63) is 59.9 Å². The molecule has 1 saturated carbocycles. The van der Waals surface area contributed by atoms with Crippen LogP contribution in [0.25, 0.3) is 0 Å². The van der Waals surface area contributed by atoms with E-state index in [0.29, 0.717) is 12.8 Å². The SMILES string of the molecule is CCC1(CC)CC(=O)N([C@@H](c2cccnc2)[C@H]2C(C)[C@@H]2C(=O)N[C@H]2CC(C)(C)Oc3ccccc32)C(N)=N1. The van der Waals surface area contributed by atoms with Crippen LogP contribution in [0.3, 0.4) is 0 Å². The zero-order valence-electron chi connectivity index (χ0n) is 23.0. The number of hydrogen-bond acceptors (Lipinski definition) is 6. The minimum absolute atomic E-state index is 0.00896. The zero-order valence-corrected chi connectivity index (χ0v) is 23.0. The van der Waals surface area contributed by atoms with Crippen LogP contribution in [0.2, 0.25) is 0 Å². The van der Waals surface area contributed by atoms with Gasteiger partial charge < -0.3 is 15.8 Å². The Morgan fingerprint density at radius 2 is 1.95 bits per heavy atom. The molecule has 1 aromatic heterocycles. The maximum atomic E-state index is 13.8. The molecule has 38 heavy (non-hydrogen) atoms. The number of pyridine rings is 1. The molecule has 0 bridgehead atoms. The van der Waals surface area contributed by atoms with Crippen molar-refractivity contribution in [1.29, 1.82) is 0 Å². The molecule has 8 heteroatoms. The molecule has 0 radical (unpaired) electrons. The van der Waals surface area contributed by atoms with Crippen LogP contribution in [-0.4, -0.2) is 38.8 Å². The molecule has 2 aromatic rings. The molecule has 5 rings (SSSR count). The van der Waals surface area contributed by atoms with Crippen molar-refractivity contribution in [3.63, 3.8) is 0 Å². The van der Waals surface area contributed by atoms with E-state index in [1.165, 1.54) is 0 Å². The van der Waals surface area contributed by atoms with Crippen molar-refractivity contribution in [1.82, 2.24) is 15.2 Å². The number of fused-ring (bicyclic) bond motifs is 1. The Morgan fingerprint density at radius 3 is 2.61 bits per heavy atom. The summed E-state index contributed by atoms with van der Waals surface area (Å²) in [6.07, 6.45) is 5.95. The first kappa shape index (κ1) is 26.2. The van der Waals surface area contributed by atoms with Gasteiger partial charge in [-0.1, -0.05) is 45.0 Å². The fourth-order valence-corrected chi connectivity index (χ4v) is 6.47. The number of ether oxygens (including phenoxy) is 1. The molecule has 3 N–H and O–H groups in total. The molecule has 3 aliphatic rings. The lowest BCUT2D eigenvalue weighted by Crippen LogP contribution is -2.53. The number of para-hydroxylation sites is 1. The number of rotatable bonds is 7. The highest BCUT2D eigenvalue weighted by Gasteiger charge is 2.59. The number of carbonyl (C=O) groups is 2. The van der Waals surface area contributed by atoms with Gasteiger partial charge in [-0.15, -0.1) is 0 Å². The summed E-state index contributed by atoms with van der Waals surface area (Å²) in [5.74, 6) is 0.684. The summed E-state index contributed by atoms with van der Waals surface area (Å²) in [4.78, 5) is 38.2. The molecular weight excluding hydrogens is 478 g/mol. The van der Waals surface area contributed by atoms with E-state index >= 15 is 0 Å². The maximum absolute atomic E-state index is 13.8. The minimum atomic E-state index is -0.466. The second-order valence-electron chi connectivity index (χ2n) is 11.7. The van der Waals surface area contributed by atoms with E-state index in [-0.39, 0.29) is 41.6 Å². The van der Waals surface area contributed by atoms with Crippen molar-refractivity contribution in [2.45, 2.75) is 83.5 Å². The fraction of sp³-hybridized carbons (Fsp3) is 0.533. The predicted octanol–water partition coefficient (Wildman–Crippen LogP) is 4.53. The van der Waals surface area contributed by atoms with Gasteiger partial charge in [0.05, 0.1) is 24.0 Å². The number of nitrogens with two attached hydrogens (primary N) is 1. The Kier molecular flexibility index (Phi) is 6.70. The topological polar surface area (TPSA) is 110 Å². The van der Waals surface area contributed by atoms with E-state index in [0.717, 1.165) is 29.7 Å². The molecule has 1 aromatic carbocycles. The first-order chi connectivity index (χ1) is 18.1. The van der Waals surface area contributed by atoms with Gasteiger partial charge in [-0.3, -0.25) is 19.5 Å². The summed E-state index contributed by atoms with van der Waals surface area (Å²) in [5, 5.41) is 3.32. The van der Waals surface area contributed by atoms with Gasteiger partial charge in [-0.25, -0.2) is 4.99 Å². The van der Waals surface area contributed by atoms with Crippen LogP contribution in [-0.2, 0) is 9.59 Å². The van der Waals surface area contributed by atoms with Crippen LogP contribution in [0.15, 0.2) is 53.8 Å². The molecule has 202 valence electrons. The molecule has 1 aliphatic carbocycles. The summed E-state index contributed by atoms with van der Waals surface area (Å²) < 4.78 is 6.15. The first-order valence-electron chi connectivity index (χ1n) is 13.8. The normalized spacial score (nSPS) is 28.0. The van der Waals surface area contributed by atoms with Crippen LogP contribution in [0, 0.1) is 17.8 Å². The average molecular weight is 518 g/mol. The van der Waals surface area contributed by atoms with Gasteiger partial charge in [0.15, 0.2) is 5.96 Å². The van der Waals surface area contributed by atoms with Crippen LogP contribution >= 0.6 is 0 Å². The molecule has 0 spiro atoms. The van der Waals surface area contributed by atoms with Gasteiger partial charge in [0.2, 0.25) is 11.8 Å². The maximum Gasteiger partial charge on any atom is 0.232 e. The first-order valence-corrected chi connectivity index (χ1v) is 13.8. The highest BCUT2D eigenvalue weighted by Crippen LogP contribution is 2.56. The Balaban J connectivity index is 1.43. The number of aliphatic imine (C=N–C) groups is 1. The lowest BCUT2D eigenvalue weighted by molar-refractivity contribution is -0.132. The zero-order chi connectivity index (χ0) is 27.2. The van der Waals surface area contributed by atoms with Crippen LogP contribution in [0.4, 0.5) is 0 Å². The average Bonchev–Trinajstić information content (AvgIpc) is 3.55. The summed E-state index contributed by atoms with van der Waals surface area (Å²) in [6, 6.07) is 11.1. The quantitative estimate of drug-likeness (QED) is 0.561. The molecule has 8 nitrogen and oxygen atoms in total. The number of hydrogen-bond donors (Lipinski definition) is 2. The third-order valence-corrected chi connectivity index (χ3v) is 8.78. The predicted molar refractivity (Wildman–Crippen MR) is 146 cm³/mol. The highest BCUT2D eigenvalue weighted by molar-refractivity contribution is 6.00. The van der Waals surface area contributed by atoms with Crippen molar-refractivity contribution in [2.24, 2.45) is 28.5 Å². The molecule has 3 heterocycles. The Hall–Kier alpha value is -3.42. The minimum Gasteiger partial charge on any atom is -0.487 e. The van der Waals surface area contributed by atoms with Crippen molar-refractivity contribution >= 4 is 17.8 Å². The van der Waals surface area contributed by atoms with Gasteiger partial charge in [0.25, 0.3) is 0 Å². The third-order valence-electron chi connectivity index (χ3n) is 8.78. The van der Waals surface area contributed by atoms with E-state index in [4.69, 9.17) is 15.5 Å². The fourth-order valence-electron chi connectivity index (χ4n) is 6.47. The van der Waals surface area contributed by atoms with E-state index in [2.05, 4.69) is 17.2 Å². The summed E-state index contributed by atoms with van der Waals surface area (Å²) >= 11 is 0. The van der Waals surface area contributed by atoms with Gasteiger partial charge in [-0.05, 0) is 56.2 Å². The van der Waals surface area contributed by atoms with Crippen molar-refractivity contribution in [2.75, 3.05) is 0 Å². The second kappa shape index (κ2) is 9.71. The number of nitrogens with one attached hydrogen (secondary N) is 1. The summed E-state index contributed by atoms with van der Waals surface area (Å²) in [6.45, 7) is 10.2. The standard InChI is InChI=1S/C30H39N5O3/c1-6-30(7-2)16-23(36)35(28(31)34-30)26(19-11-10-14-32-17-19)24-18(3)25(24)27(37)33-21-15-29(4,5)38-22-13-9-8-12-20(21)22/h8-14,17-18,21,24-26H,6-7,15-16H2,1-5H3,(H2,31,34)(H,33,37)/t18?,21-,24-,25-,26-/m0/s1. The van der Waals surface area contributed by atoms with E-state index < -0.39 is 17.2 Å². The molecule has 2 aliphatic heterocycles. The van der Waals surface area contributed by atoms with E-state index in [9.17, 15) is 9.59 Å². The number of carbonyl (C=O) groups excluding carboxylic acids is 2. The van der Waals surface area contributed by atoms with Crippen molar-refractivity contribution in [3.8, 4) is 5.75 Å². The molecular formula is C30H39N5O3. The Labute approximate surface area is 225 Å². The summed E-state index contributed by atoms with van der Waals surface area (Å²) in [5.41, 5.74) is 7.52. The number of guanidine groups is 1.